The Bertz CT molecular complexity index is 538. The van der Waals surface area contributed by atoms with Crippen LogP contribution in [0.2, 0.25) is 0 Å². The molecular weight excluding hydrogens is 282 g/mol. The van der Waals surface area contributed by atoms with Crippen molar-refractivity contribution in [3.63, 3.8) is 0 Å². The number of rotatable bonds is 3. The third-order valence-electron chi connectivity index (χ3n) is 3.75. The van der Waals surface area contributed by atoms with E-state index in [9.17, 15) is 4.79 Å². The fourth-order valence-corrected chi connectivity index (χ4v) is 2.83. The number of hydrogen-bond donors (Lipinski definition) is 1. The number of aromatic nitrogens is 1. The maximum atomic E-state index is 12.3. The molecule has 0 bridgehead atoms. The Balaban J connectivity index is 2.02. The van der Waals surface area contributed by atoms with E-state index in [1.807, 2.05) is 33.8 Å². The summed E-state index contributed by atoms with van der Waals surface area (Å²) in [6, 6.07) is 1.91. The fraction of sp³-hybridized carbons (Fsp3) is 0.625. The van der Waals surface area contributed by atoms with Gasteiger partial charge in [-0.3, -0.25) is 0 Å². The van der Waals surface area contributed by atoms with Gasteiger partial charge in [-0.15, -0.1) is 0 Å². The number of hydrogen-bond acceptors (Lipinski definition) is 4. The van der Waals surface area contributed by atoms with Crippen molar-refractivity contribution in [3.8, 4) is 5.88 Å². The van der Waals surface area contributed by atoms with Crippen molar-refractivity contribution in [2.75, 3.05) is 20.2 Å². The number of pyridine rings is 1. The lowest BCUT2D eigenvalue weighted by Gasteiger charge is -2.35. The standard InChI is InChI=1S/C16H25N3O3/c1-10-6-11(2)18-15(21-5)14(10)7-17-16(20)19-8-12(3)22-13(4)9-19/h6,12-13H,7-9H2,1-5H3,(H,17,20). The van der Waals surface area contributed by atoms with Gasteiger partial charge >= 0.3 is 6.03 Å². The molecule has 2 atom stereocenters. The van der Waals surface area contributed by atoms with E-state index in [2.05, 4.69) is 10.3 Å². The predicted octanol–water partition coefficient (Wildman–Crippen LogP) is 2.03. The van der Waals surface area contributed by atoms with Crippen molar-refractivity contribution in [1.82, 2.24) is 15.2 Å². The molecule has 0 radical (unpaired) electrons. The largest absolute Gasteiger partial charge is 0.481 e. The summed E-state index contributed by atoms with van der Waals surface area (Å²) in [5.74, 6) is 0.571. The lowest BCUT2D eigenvalue weighted by Crippen LogP contribution is -2.51. The van der Waals surface area contributed by atoms with E-state index in [4.69, 9.17) is 9.47 Å². The normalized spacial score (nSPS) is 21.6. The molecule has 2 rings (SSSR count). The number of urea groups is 1. The Labute approximate surface area is 131 Å². The van der Waals surface area contributed by atoms with Crippen LogP contribution in [0.3, 0.4) is 0 Å². The minimum absolute atomic E-state index is 0.0619. The second kappa shape index (κ2) is 6.96. The van der Waals surface area contributed by atoms with Crippen molar-refractivity contribution < 1.29 is 14.3 Å². The minimum Gasteiger partial charge on any atom is -0.481 e. The van der Waals surface area contributed by atoms with Crippen LogP contribution in [0.1, 0.15) is 30.7 Å². The average Bonchev–Trinajstić information content (AvgIpc) is 2.44. The second-order valence-electron chi connectivity index (χ2n) is 5.89. The molecule has 2 heterocycles. The van der Waals surface area contributed by atoms with Gasteiger partial charge in [0.05, 0.1) is 25.9 Å². The van der Waals surface area contributed by atoms with Crippen LogP contribution in [-0.2, 0) is 11.3 Å². The summed E-state index contributed by atoms with van der Waals surface area (Å²) in [5.41, 5.74) is 2.88. The highest BCUT2D eigenvalue weighted by Gasteiger charge is 2.25. The molecule has 1 aliphatic rings. The number of carbonyl (C=O) groups is 1. The van der Waals surface area contributed by atoms with Crippen LogP contribution < -0.4 is 10.1 Å². The second-order valence-corrected chi connectivity index (χ2v) is 5.89. The molecule has 0 aromatic carbocycles. The molecule has 0 aliphatic carbocycles. The highest BCUT2D eigenvalue weighted by molar-refractivity contribution is 5.74. The van der Waals surface area contributed by atoms with Crippen LogP contribution in [-0.4, -0.2) is 48.3 Å². The molecule has 1 aromatic heterocycles. The van der Waals surface area contributed by atoms with Gasteiger partial charge in [0.1, 0.15) is 0 Å². The summed E-state index contributed by atoms with van der Waals surface area (Å²) >= 11 is 0. The number of nitrogens with one attached hydrogen (secondary N) is 1. The molecule has 1 fully saturated rings. The zero-order valence-corrected chi connectivity index (χ0v) is 14.0. The van der Waals surface area contributed by atoms with Gasteiger partial charge in [0.25, 0.3) is 0 Å². The summed E-state index contributed by atoms with van der Waals surface area (Å²) in [5, 5.41) is 2.96. The van der Waals surface area contributed by atoms with Gasteiger partial charge < -0.3 is 19.7 Å². The molecule has 1 aliphatic heterocycles. The Kier molecular flexibility index (Phi) is 5.24. The van der Waals surface area contributed by atoms with E-state index >= 15 is 0 Å². The average molecular weight is 307 g/mol. The number of aryl methyl sites for hydroxylation is 2. The first-order chi connectivity index (χ1) is 10.4. The first kappa shape index (κ1) is 16.5. The van der Waals surface area contributed by atoms with Gasteiger partial charge in [0, 0.05) is 24.3 Å². The van der Waals surface area contributed by atoms with Crippen molar-refractivity contribution >= 4 is 6.03 Å². The summed E-state index contributed by atoms with van der Waals surface area (Å²) in [6.07, 6.45) is 0.124. The Morgan fingerprint density at radius 2 is 2.05 bits per heavy atom. The molecular formula is C16H25N3O3. The number of nitrogens with zero attached hydrogens (tertiary/aromatic N) is 2. The molecule has 2 amide bonds. The first-order valence-corrected chi connectivity index (χ1v) is 7.60. The molecule has 0 saturated carbocycles. The van der Waals surface area contributed by atoms with Crippen molar-refractivity contribution in [3.05, 3.63) is 22.9 Å². The topological polar surface area (TPSA) is 63.7 Å². The van der Waals surface area contributed by atoms with Gasteiger partial charge in [0.2, 0.25) is 5.88 Å². The van der Waals surface area contributed by atoms with Crippen molar-refractivity contribution in [1.29, 1.82) is 0 Å². The predicted molar refractivity (Wildman–Crippen MR) is 84.1 cm³/mol. The Hall–Kier alpha value is -1.82. The van der Waals surface area contributed by atoms with Crippen LogP contribution in [0, 0.1) is 13.8 Å². The van der Waals surface area contributed by atoms with E-state index in [0.29, 0.717) is 25.5 Å². The highest BCUT2D eigenvalue weighted by Crippen LogP contribution is 2.20. The fourth-order valence-electron chi connectivity index (χ4n) is 2.83. The van der Waals surface area contributed by atoms with E-state index in [1.165, 1.54) is 0 Å². The van der Waals surface area contributed by atoms with Gasteiger partial charge in [-0.1, -0.05) is 0 Å². The molecule has 1 aromatic rings. The summed E-state index contributed by atoms with van der Waals surface area (Å²) in [7, 11) is 1.60. The van der Waals surface area contributed by atoms with Crippen LogP contribution in [0.25, 0.3) is 0 Å². The SMILES string of the molecule is COc1nc(C)cc(C)c1CNC(=O)N1CC(C)OC(C)C1. The highest BCUT2D eigenvalue weighted by atomic mass is 16.5. The van der Waals surface area contributed by atoms with Gasteiger partial charge in [-0.2, -0.15) is 0 Å². The van der Waals surface area contributed by atoms with Crippen molar-refractivity contribution in [2.24, 2.45) is 0 Å². The summed E-state index contributed by atoms with van der Waals surface area (Å²) < 4.78 is 11.0. The number of carbonyl (C=O) groups excluding carboxylic acids is 1. The number of amides is 2. The Morgan fingerprint density at radius 3 is 2.64 bits per heavy atom. The van der Waals surface area contributed by atoms with E-state index in [-0.39, 0.29) is 18.2 Å². The quantitative estimate of drug-likeness (QED) is 0.928. The number of morpholine rings is 1. The van der Waals surface area contributed by atoms with Gasteiger partial charge in [-0.25, -0.2) is 9.78 Å². The molecule has 6 nitrogen and oxygen atoms in total. The van der Waals surface area contributed by atoms with Crippen LogP contribution in [0.5, 0.6) is 5.88 Å². The summed E-state index contributed by atoms with van der Waals surface area (Å²) in [6.45, 7) is 9.50. The summed E-state index contributed by atoms with van der Waals surface area (Å²) in [4.78, 5) is 18.5. The molecule has 1 saturated heterocycles. The minimum atomic E-state index is -0.0796. The first-order valence-electron chi connectivity index (χ1n) is 7.60. The van der Waals surface area contributed by atoms with Crippen LogP contribution in [0.4, 0.5) is 4.79 Å². The Morgan fingerprint density at radius 1 is 1.41 bits per heavy atom. The maximum Gasteiger partial charge on any atom is 0.317 e. The number of ether oxygens (including phenoxy) is 2. The molecule has 6 heteroatoms. The molecule has 1 N–H and O–H groups in total. The third-order valence-corrected chi connectivity index (χ3v) is 3.75. The van der Waals surface area contributed by atoms with E-state index < -0.39 is 0 Å². The third kappa shape index (κ3) is 3.88. The van der Waals surface area contributed by atoms with Gasteiger partial charge in [-0.05, 0) is 39.3 Å². The molecule has 122 valence electrons. The maximum absolute atomic E-state index is 12.3. The monoisotopic (exact) mass is 307 g/mol. The smallest absolute Gasteiger partial charge is 0.317 e. The van der Waals surface area contributed by atoms with E-state index in [1.54, 1.807) is 12.0 Å². The van der Waals surface area contributed by atoms with Gasteiger partial charge in [0.15, 0.2) is 0 Å². The van der Waals surface area contributed by atoms with Crippen molar-refractivity contribution in [2.45, 2.75) is 46.4 Å². The van der Waals surface area contributed by atoms with E-state index in [0.717, 1.165) is 16.8 Å². The lowest BCUT2D eigenvalue weighted by atomic mass is 10.1. The van der Waals surface area contributed by atoms with Crippen LogP contribution in [0.15, 0.2) is 6.07 Å². The molecule has 0 spiro atoms. The lowest BCUT2D eigenvalue weighted by molar-refractivity contribution is -0.0545. The molecule has 2 unspecified atom stereocenters. The zero-order valence-electron chi connectivity index (χ0n) is 14.0. The van der Waals surface area contributed by atoms with Crippen LogP contribution >= 0.6 is 0 Å². The molecule has 22 heavy (non-hydrogen) atoms. The zero-order chi connectivity index (χ0) is 16.3. The number of methoxy groups -OCH3 is 1.